The van der Waals surface area contributed by atoms with Crippen LogP contribution in [0, 0.1) is 0 Å². The fraction of sp³-hybridized carbons (Fsp3) is 0.333. The van der Waals surface area contributed by atoms with Gasteiger partial charge in [-0.25, -0.2) is 0 Å². The van der Waals surface area contributed by atoms with Crippen molar-refractivity contribution in [3.63, 3.8) is 0 Å². The summed E-state index contributed by atoms with van der Waals surface area (Å²) in [6.07, 6.45) is 0.813. The molecular formula is C12H13NOS. The first-order chi connectivity index (χ1) is 7.30. The molecule has 2 nitrogen and oxygen atoms in total. The molecule has 15 heavy (non-hydrogen) atoms. The van der Waals surface area contributed by atoms with Gasteiger partial charge in [-0.3, -0.25) is 0 Å². The van der Waals surface area contributed by atoms with E-state index in [0.29, 0.717) is 6.54 Å². The SMILES string of the molecule is OC1(c2csc3ccccc23)CCNC1. The molecule has 3 heteroatoms. The summed E-state index contributed by atoms with van der Waals surface area (Å²) in [5.74, 6) is 0. The topological polar surface area (TPSA) is 32.3 Å². The molecule has 3 rings (SSSR count). The third-order valence-electron chi connectivity index (χ3n) is 3.12. The summed E-state index contributed by atoms with van der Waals surface area (Å²) in [5.41, 5.74) is 0.438. The van der Waals surface area contributed by atoms with E-state index in [0.717, 1.165) is 18.5 Å². The number of β-amino-alcohol motifs (C(OH)–C–C–N with tert-alkyl or cyclic N) is 1. The van der Waals surface area contributed by atoms with Crippen LogP contribution in [0.25, 0.3) is 10.1 Å². The Morgan fingerprint density at radius 3 is 3.00 bits per heavy atom. The molecule has 2 N–H and O–H groups in total. The van der Waals surface area contributed by atoms with Crippen LogP contribution >= 0.6 is 11.3 Å². The number of rotatable bonds is 1. The maximum absolute atomic E-state index is 10.5. The highest BCUT2D eigenvalue weighted by molar-refractivity contribution is 7.17. The highest BCUT2D eigenvalue weighted by Gasteiger charge is 2.34. The van der Waals surface area contributed by atoms with E-state index in [-0.39, 0.29) is 0 Å². The number of fused-ring (bicyclic) bond motifs is 1. The number of thiophene rings is 1. The average Bonchev–Trinajstić information content (AvgIpc) is 2.84. The van der Waals surface area contributed by atoms with Crippen molar-refractivity contribution in [2.75, 3.05) is 13.1 Å². The number of nitrogens with one attached hydrogen (secondary N) is 1. The van der Waals surface area contributed by atoms with E-state index in [1.807, 2.05) is 12.1 Å². The predicted octanol–water partition coefficient (Wildman–Crippen LogP) is 2.08. The van der Waals surface area contributed by atoms with Crippen molar-refractivity contribution >= 4 is 21.4 Å². The Kier molecular flexibility index (Phi) is 2.06. The molecule has 1 unspecified atom stereocenters. The van der Waals surface area contributed by atoms with E-state index in [1.165, 1.54) is 10.1 Å². The third kappa shape index (κ3) is 1.39. The maximum Gasteiger partial charge on any atom is 0.105 e. The van der Waals surface area contributed by atoms with Gasteiger partial charge in [0.25, 0.3) is 0 Å². The van der Waals surface area contributed by atoms with Crippen molar-refractivity contribution in [2.45, 2.75) is 12.0 Å². The zero-order valence-corrected chi connectivity index (χ0v) is 9.18. The lowest BCUT2D eigenvalue weighted by Crippen LogP contribution is -2.27. The summed E-state index contributed by atoms with van der Waals surface area (Å²) in [6, 6.07) is 8.27. The molecule has 0 saturated carbocycles. The number of benzene rings is 1. The van der Waals surface area contributed by atoms with Gasteiger partial charge in [0.05, 0.1) is 0 Å². The lowest BCUT2D eigenvalue weighted by molar-refractivity contribution is 0.0607. The van der Waals surface area contributed by atoms with Crippen molar-refractivity contribution < 1.29 is 5.11 Å². The minimum Gasteiger partial charge on any atom is -0.384 e. The van der Waals surface area contributed by atoms with Crippen LogP contribution in [0.15, 0.2) is 29.6 Å². The van der Waals surface area contributed by atoms with Gasteiger partial charge in [0, 0.05) is 16.8 Å². The summed E-state index contributed by atoms with van der Waals surface area (Å²) in [4.78, 5) is 0. The Morgan fingerprint density at radius 2 is 2.20 bits per heavy atom. The van der Waals surface area contributed by atoms with E-state index in [2.05, 4.69) is 22.8 Å². The van der Waals surface area contributed by atoms with Crippen LogP contribution < -0.4 is 5.32 Å². The van der Waals surface area contributed by atoms with Gasteiger partial charge in [0.1, 0.15) is 5.60 Å². The zero-order chi connectivity index (χ0) is 10.3. The summed E-state index contributed by atoms with van der Waals surface area (Å²) < 4.78 is 1.26. The molecule has 0 bridgehead atoms. The normalized spacial score (nSPS) is 26.2. The maximum atomic E-state index is 10.5. The number of aliphatic hydroxyl groups is 1. The first-order valence-electron chi connectivity index (χ1n) is 5.19. The molecular weight excluding hydrogens is 206 g/mol. The average molecular weight is 219 g/mol. The smallest absolute Gasteiger partial charge is 0.105 e. The fourth-order valence-corrected chi connectivity index (χ4v) is 3.30. The molecule has 0 radical (unpaired) electrons. The zero-order valence-electron chi connectivity index (χ0n) is 8.36. The van der Waals surface area contributed by atoms with Crippen molar-refractivity contribution in [3.05, 3.63) is 35.2 Å². The Hall–Kier alpha value is -0.900. The first-order valence-corrected chi connectivity index (χ1v) is 6.07. The van der Waals surface area contributed by atoms with Crippen LogP contribution in [0.4, 0.5) is 0 Å². The lowest BCUT2D eigenvalue weighted by atomic mass is 9.93. The standard InChI is InChI=1S/C12H13NOS/c14-12(5-6-13-8-12)10-7-15-11-4-2-1-3-9(10)11/h1-4,7,13-14H,5-6,8H2. The van der Waals surface area contributed by atoms with Crippen LogP contribution in [0.3, 0.4) is 0 Å². The van der Waals surface area contributed by atoms with Crippen molar-refractivity contribution in [1.29, 1.82) is 0 Å². The molecule has 1 saturated heterocycles. The first kappa shape index (κ1) is 9.33. The van der Waals surface area contributed by atoms with Crippen LogP contribution in [0.2, 0.25) is 0 Å². The van der Waals surface area contributed by atoms with Crippen LogP contribution in [0.5, 0.6) is 0 Å². The minimum absolute atomic E-state index is 0.653. The Balaban J connectivity index is 2.18. The molecule has 2 heterocycles. The molecule has 1 aromatic carbocycles. The number of hydrogen-bond acceptors (Lipinski definition) is 3. The fourth-order valence-electron chi connectivity index (χ4n) is 2.25. The van der Waals surface area contributed by atoms with Crippen molar-refractivity contribution in [3.8, 4) is 0 Å². The quantitative estimate of drug-likeness (QED) is 0.769. The molecule has 1 aliphatic rings. The minimum atomic E-state index is -0.653. The van der Waals surface area contributed by atoms with E-state index in [4.69, 9.17) is 0 Å². The molecule has 1 aliphatic heterocycles. The van der Waals surface area contributed by atoms with Crippen LogP contribution in [-0.4, -0.2) is 18.2 Å². The van der Waals surface area contributed by atoms with Gasteiger partial charge in [-0.2, -0.15) is 0 Å². The van der Waals surface area contributed by atoms with Crippen molar-refractivity contribution in [2.24, 2.45) is 0 Å². The van der Waals surface area contributed by atoms with Gasteiger partial charge < -0.3 is 10.4 Å². The third-order valence-corrected chi connectivity index (χ3v) is 4.08. The second-order valence-electron chi connectivity index (χ2n) is 4.10. The van der Waals surface area contributed by atoms with Gasteiger partial charge in [-0.15, -0.1) is 11.3 Å². The summed E-state index contributed by atoms with van der Waals surface area (Å²) in [6.45, 7) is 1.58. The monoisotopic (exact) mass is 219 g/mol. The summed E-state index contributed by atoms with van der Waals surface area (Å²) in [7, 11) is 0. The Bertz CT molecular complexity index is 485. The van der Waals surface area contributed by atoms with Crippen LogP contribution in [-0.2, 0) is 5.60 Å². The van der Waals surface area contributed by atoms with Crippen LogP contribution in [0.1, 0.15) is 12.0 Å². The largest absolute Gasteiger partial charge is 0.384 e. The summed E-state index contributed by atoms with van der Waals surface area (Å²) in [5, 5.41) is 17.0. The van der Waals surface area contributed by atoms with Gasteiger partial charge in [0.2, 0.25) is 0 Å². The Labute approximate surface area is 92.6 Å². The highest BCUT2D eigenvalue weighted by atomic mass is 32.1. The Morgan fingerprint density at radius 1 is 1.33 bits per heavy atom. The molecule has 78 valence electrons. The van der Waals surface area contributed by atoms with E-state index < -0.39 is 5.60 Å². The van der Waals surface area contributed by atoms with Gasteiger partial charge in [0.15, 0.2) is 0 Å². The lowest BCUT2D eigenvalue weighted by Gasteiger charge is -2.20. The highest BCUT2D eigenvalue weighted by Crippen LogP contribution is 2.36. The molecule has 1 fully saturated rings. The molecule has 0 aliphatic carbocycles. The summed E-state index contributed by atoms with van der Waals surface area (Å²) >= 11 is 1.71. The molecule has 1 aromatic heterocycles. The molecule has 1 atom stereocenters. The van der Waals surface area contributed by atoms with E-state index in [9.17, 15) is 5.11 Å². The van der Waals surface area contributed by atoms with Gasteiger partial charge in [-0.1, -0.05) is 18.2 Å². The molecule has 0 amide bonds. The second-order valence-corrected chi connectivity index (χ2v) is 5.02. The van der Waals surface area contributed by atoms with E-state index >= 15 is 0 Å². The van der Waals surface area contributed by atoms with E-state index in [1.54, 1.807) is 11.3 Å². The predicted molar refractivity (Wildman–Crippen MR) is 63.2 cm³/mol. The molecule has 2 aromatic rings. The molecule has 0 spiro atoms. The van der Waals surface area contributed by atoms with Gasteiger partial charge in [-0.05, 0) is 29.8 Å². The van der Waals surface area contributed by atoms with Gasteiger partial charge >= 0.3 is 0 Å². The number of hydrogen-bond donors (Lipinski definition) is 2. The van der Waals surface area contributed by atoms with Crippen molar-refractivity contribution in [1.82, 2.24) is 5.32 Å². The second kappa shape index (κ2) is 3.30.